The van der Waals surface area contributed by atoms with Crippen LogP contribution >= 0.6 is 15.9 Å². The minimum atomic E-state index is -3.01. The highest BCUT2D eigenvalue weighted by Gasteiger charge is 2.35. The fourth-order valence-corrected chi connectivity index (χ4v) is 9.00. The van der Waals surface area contributed by atoms with Crippen molar-refractivity contribution in [1.29, 1.82) is 0 Å². The molecule has 5 heteroatoms. The Kier molecular flexibility index (Phi) is 5.80. The Labute approximate surface area is 191 Å². The zero-order chi connectivity index (χ0) is 22.1. The first kappa shape index (κ1) is 21.3. The van der Waals surface area contributed by atoms with Crippen molar-refractivity contribution in [2.45, 2.75) is 12.8 Å². The average Bonchev–Trinajstić information content (AvgIpc) is 2.80. The molecule has 162 valence electrons. The van der Waals surface area contributed by atoms with E-state index in [2.05, 4.69) is 25.1 Å². The van der Waals surface area contributed by atoms with Crippen molar-refractivity contribution in [3.63, 3.8) is 0 Å². The van der Waals surface area contributed by atoms with Crippen LogP contribution in [0, 0.1) is 5.92 Å². The van der Waals surface area contributed by atoms with Crippen LogP contribution in [-0.4, -0.2) is 17.4 Å². The Hall–Kier alpha value is -2.60. The van der Waals surface area contributed by atoms with E-state index in [1.807, 2.05) is 66.7 Å². The highest BCUT2D eigenvalue weighted by atomic mass is 31.2. The molecule has 0 aromatic heterocycles. The maximum absolute atomic E-state index is 14.0. The lowest BCUT2D eigenvalue weighted by molar-refractivity contribution is 0.341. The van der Waals surface area contributed by atoms with Gasteiger partial charge in [0.1, 0.15) is 11.5 Å². The van der Waals surface area contributed by atoms with E-state index in [9.17, 15) is 9.67 Å². The third-order valence-corrected chi connectivity index (χ3v) is 10.4. The fraction of sp³-hybridized carbons (Fsp3) is 0.185. The van der Waals surface area contributed by atoms with Crippen molar-refractivity contribution in [3.8, 4) is 16.9 Å². The van der Waals surface area contributed by atoms with Crippen molar-refractivity contribution in [2.24, 2.45) is 5.92 Å². The summed E-state index contributed by atoms with van der Waals surface area (Å²) in [7, 11) is -2.52. The zero-order valence-electron chi connectivity index (χ0n) is 17.9. The molecule has 0 amide bonds. The van der Waals surface area contributed by atoms with E-state index in [1.54, 1.807) is 6.08 Å². The molecule has 0 radical (unpaired) electrons. The molecule has 1 aliphatic carbocycles. The highest BCUT2D eigenvalue weighted by molar-refractivity contribution is 7.68. The van der Waals surface area contributed by atoms with Crippen LogP contribution in [0.4, 0.5) is 0 Å². The third-order valence-electron chi connectivity index (χ3n) is 6.24. The number of benzene rings is 3. The van der Waals surface area contributed by atoms with Crippen LogP contribution in [0.2, 0.25) is 0 Å². The van der Waals surface area contributed by atoms with Crippen LogP contribution < -0.4 is 15.1 Å². The Morgan fingerprint density at radius 3 is 2.53 bits per heavy atom. The van der Waals surface area contributed by atoms with Gasteiger partial charge in [-0.2, -0.15) is 0 Å². The van der Waals surface area contributed by atoms with Crippen LogP contribution in [0.3, 0.4) is 0 Å². The minimum Gasteiger partial charge on any atom is -0.512 e. The molecule has 32 heavy (non-hydrogen) atoms. The second-order valence-corrected chi connectivity index (χ2v) is 12.2. The predicted octanol–water partition coefficient (Wildman–Crippen LogP) is 6.38. The standard InChI is InChI=1S/C27H26O3P2/c1-19-9-8-13-23(28)27(19)22-12-3-6-15-25(22)31-17-18-32(29)26-16-7-4-11-21(26)20-10-2-5-14-24(20)30-32/h2-16,19,27-28,31H,17-18H2,1H3. The summed E-state index contributed by atoms with van der Waals surface area (Å²) in [5, 5.41) is 12.6. The molecule has 0 spiro atoms. The normalized spacial score (nSPS) is 24.0. The SMILES string of the molecule is CC1C=CC=C(O)C1c1ccccc1PCCP1(=O)Oc2ccccc2-c2ccccc21. The lowest BCUT2D eigenvalue weighted by atomic mass is 9.83. The first-order valence-electron chi connectivity index (χ1n) is 10.9. The van der Waals surface area contributed by atoms with Gasteiger partial charge in [-0.3, -0.25) is 4.57 Å². The Morgan fingerprint density at radius 2 is 1.69 bits per heavy atom. The van der Waals surface area contributed by atoms with Crippen LogP contribution in [0.25, 0.3) is 11.1 Å². The van der Waals surface area contributed by atoms with Crippen molar-refractivity contribution in [1.82, 2.24) is 0 Å². The molecule has 4 unspecified atom stereocenters. The molecule has 0 fully saturated rings. The fourth-order valence-electron chi connectivity index (χ4n) is 4.66. The smallest absolute Gasteiger partial charge is 0.278 e. The van der Waals surface area contributed by atoms with E-state index in [4.69, 9.17) is 4.52 Å². The Bertz CT molecular complexity index is 1260. The lowest BCUT2D eigenvalue weighted by Crippen LogP contribution is -2.21. The van der Waals surface area contributed by atoms with Gasteiger partial charge in [0.2, 0.25) is 0 Å². The second-order valence-electron chi connectivity index (χ2n) is 8.33. The van der Waals surface area contributed by atoms with Gasteiger partial charge < -0.3 is 9.63 Å². The Balaban J connectivity index is 1.39. The van der Waals surface area contributed by atoms with E-state index in [-0.39, 0.29) is 11.8 Å². The summed E-state index contributed by atoms with van der Waals surface area (Å²) in [5.74, 6) is 1.31. The number of allylic oxidation sites excluding steroid dienone is 4. The number of hydrogen-bond donors (Lipinski definition) is 1. The van der Waals surface area contributed by atoms with Gasteiger partial charge >= 0.3 is 0 Å². The van der Waals surface area contributed by atoms with Crippen LogP contribution in [-0.2, 0) is 4.57 Å². The first-order valence-corrected chi connectivity index (χ1v) is 14.0. The molecule has 1 heterocycles. The number of aliphatic hydroxyl groups excluding tert-OH is 1. The molecule has 5 rings (SSSR count). The van der Waals surface area contributed by atoms with E-state index in [1.165, 1.54) is 5.30 Å². The highest BCUT2D eigenvalue weighted by Crippen LogP contribution is 2.54. The molecule has 0 saturated heterocycles. The monoisotopic (exact) mass is 460 g/mol. The lowest BCUT2D eigenvalue weighted by Gasteiger charge is -2.29. The molecular weight excluding hydrogens is 434 g/mol. The molecule has 0 bridgehead atoms. The van der Waals surface area contributed by atoms with Gasteiger partial charge in [0.05, 0.1) is 5.30 Å². The van der Waals surface area contributed by atoms with Gasteiger partial charge in [-0.1, -0.05) is 88.3 Å². The van der Waals surface area contributed by atoms with E-state index in [0.29, 0.717) is 26.3 Å². The first-order chi connectivity index (χ1) is 15.6. The molecule has 3 nitrogen and oxygen atoms in total. The Morgan fingerprint density at radius 1 is 0.969 bits per heavy atom. The summed E-state index contributed by atoms with van der Waals surface area (Å²) in [6.45, 7) is 2.13. The van der Waals surface area contributed by atoms with E-state index < -0.39 is 7.37 Å². The number of fused-ring (bicyclic) bond motifs is 3. The van der Waals surface area contributed by atoms with Gasteiger partial charge in [-0.15, -0.1) is 0 Å². The number of aliphatic hydroxyl groups is 1. The summed E-state index contributed by atoms with van der Waals surface area (Å²) in [5.41, 5.74) is 3.17. The van der Waals surface area contributed by atoms with Crippen molar-refractivity contribution >= 4 is 26.6 Å². The maximum atomic E-state index is 14.0. The van der Waals surface area contributed by atoms with Gasteiger partial charge in [-0.05, 0) is 46.7 Å². The molecule has 3 aromatic rings. The van der Waals surface area contributed by atoms with Crippen molar-refractivity contribution in [2.75, 3.05) is 12.3 Å². The molecule has 0 saturated carbocycles. The number of hydrogen-bond acceptors (Lipinski definition) is 3. The van der Waals surface area contributed by atoms with Gasteiger partial charge in [0.15, 0.2) is 0 Å². The van der Waals surface area contributed by atoms with Gasteiger partial charge in [0, 0.05) is 17.6 Å². The summed E-state index contributed by atoms with van der Waals surface area (Å²) in [6, 6.07) is 24.1. The summed E-state index contributed by atoms with van der Waals surface area (Å²) in [4.78, 5) is 0. The number of rotatable bonds is 5. The summed E-state index contributed by atoms with van der Waals surface area (Å²) < 4.78 is 20.2. The maximum Gasteiger partial charge on any atom is 0.278 e. The van der Waals surface area contributed by atoms with Crippen LogP contribution in [0.5, 0.6) is 5.75 Å². The van der Waals surface area contributed by atoms with E-state index in [0.717, 1.165) is 28.2 Å². The average molecular weight is 460 g/mol. The largest absolute Gasteiger partial charge is 0.512 e. The third kappa shape index (κ3) is 3.85. The summed E-state index contributed by atoms with van der Waals surface area (Å²) >= 11 is 0. The van der Waals surface area contributed by atoms with Crippen LogP contribution in [0.15, 0.2) is 96.8 Å². The molecule has 3 aromatic carbocycles. The molecule has 1 aliphatic heterocycles. The predicted molar refractivity (Wildman–Crippen MR) is 136 cm³/mol. The van der Waals surface area contributed by atoms with Crippen LogP contribution in [0.1, 0.15) is 18.4 Å². The van der Waals surface area contributed by atoms with Gasteiger partial charge in [0.25, 0.3) is 7.37 Å². The molecular formula is C27H26O3P2. The molecule has 2 aliphatic rings. The van der Waals surface area contributed by atoms with E-state index >= 15 is 0 Å². The summed E-state index contributed by atoms with van der Waals surface area (Å²) in [6.07, 6.45) is 7.10. The van der Waals surface area contributed by atoms with Crippen molar-refractivity contribution < 1.29 is 14.2 Å². The topological polar surface area (TPSA) is 46.5 Å². The second kappa shape index (κ2) is 8.74. The molecule has 4 atom stereocenters. The quantitative estimate of drug-likeness (QED) is 0.449. The van der Waals surface area contributed by atoms with Crippen molar-refractivity contribution in [3.05, 3.63) is 102 Å². The molecule has 1 N–H and O–H groups in total. The zero-order valence-corrected chi connectivity index (χ0v) is 19.8. The van der Waals surface area contributed by atoms with Gasteiger partial charge in [-0.25, -0.2) is 0 Å². The minimum absolute atomic E-state index is 0.0294. The number of para-hydroxylation sites is 1.